The van der Waals surface area contributed by atoms with Crippen LogP contribution in [0.2, 0.25) is 5.02 Å². The summed E-state index contributed by atoms with van der Waals surface area (Å²) in [5.41, 5.74) is 5.98. The van der Waals surface area contributed by atoms with Crippen LogP contribution in [-0.2, 0) is 0 Å². The van der Waals surface area contributed by atoms with Crippen LogP contribution >= 0.6 is 23.4 Å². The molecule has 0 radical (unpaired) electrons. The lowest BCUT2D eigenvalue weighted by Gasteiger charge is -2.03. The molecule has 1 aromatic heterocycles. The highest BCUT2D eigenvalue weighted by Crippen LogP contribution is 2.31. The highest BCUT2D eigenvalue weighted by Gasteiger charge is 2.08. The van der Waals surface area contributed by atoms with Crippen LogP contribution in [0.15, 0.2) is 28.3 Å². The fourth-order valence-electron chi connectivity index (χ4n) is 1.22. The van der Waals surface area contributed by atoms with Crippen molar-refractivity contribution in [2.75, 3.05) is 0 Å². The Labute approximate surface area is 107 Å². The van der Waals surface area contributed by atoms with E-state index in [0.717, 1.165) is 10.7 Å². The summed E-state index contributed by atoms with van der Waals surface area (Å²) < 4.78 is 0. The lowest BCUT2D eigenvalue weighted by atomic mass is 10.2. The van der Waals surface area contributed by atoms with Gasteiger partial charge in [0.1, 0.15) is 11.7 Å². The van der Waals surface area contributed by atoms with Gasteiger partial charge >= 0.3 is 0 Å². The van der Waals surface area contributed by atoms with E-state index in [1.165, 1.54) is 11.8 Å². The molecule has 4 N–H and O–H groups in total. The van der Waals surface area contributed by atoms with Gasteiger partial charge in [-0.1, -0.05) is 17.7 Å². The number of amidine groups is 1. The van der Waals surface area contributed by atoms with Crippen LogP contribution in [0.3, 0.4) is 0 Å². The minimum Gasteiger partial charge on any atom is -0.384 e. The van der Waals surface area contributed by atoms with Crippen LogP contribution < -0.4 is 5.73 Å². The van der Waals surface area contributed by atoms with Gasteiger partial charge in [-0.25, -0.2) is 4.98 Å². The van der Waals surface area contributed by atoms with E-state index in [0.29, 0.717) is 15.7 Å². The Morgan fingerprint density at radius 2 is 2.29 bits per heavy atom. The number of nitrogens with one attached hydrogen (secondary N) is 2. The number of aryl methyl sites for hydroxylation is 1. The van der Waals surface area contributed by atoms with E-state index >= 15 is 0 Å². The fourth-order valence-corrected chi connectivity index (χ4v) is 2.28. The molecule has 0 saturated heterocycles. The van der Waals surface area contributed by atoms with Crippen molar-refractivity contribution in [2.24, 2.45) is 5.73 Å². The van der Waals surface area contributed by atoms with Crippen LogP contribution in [-0.4, -0.2) is 21.0 Å². The van der Waals surface area contributed by atoms with Gasteiger partial charge in [0, 0.05) is 10.5 Å². The van der Waals surface area contributed by atoms with Crippen LogP contribution in [0.1, 0.15) is 11.4 Å². The van der Waals surface area contributed by atoms with Crippen molar-refractivity contribution in [3.63, 3.8) is 0 Å². The second-order valence-electron chi connectivity index (χ2n) is 3.36. The molecule has 0 saturated carbocycles. The molecule has 0 spiro atoms. The maximum Gasteiger partial charge on any atom is 0.213 e. The van der Waals surface area contributed by atoms with E-state index in [4.69, 9.17) is 22.7 Å². The van der Waals surface area contributed by atoms with E-state index in [1.807, 2.05) is 6.92 Å². The van der Waals surface area contributed by atoms with Crippen LogP contribution in [0.4, 0.5) is 0 Å². The van der Waals surface area contributed by atoms with Crippen LogP contribution in [0, 0.1) is 12.3 Å². The molecule has 0 amide bonds. The number of nitrogens with zero attached hydrogens (tertiary/aromatic N) is 2. The van der Waals surface area contributed by atoms with Gasteiger partial charge < -0.3 is 5.73 Å². The topological polar surface area (TPSA) is 91.4 Å². The standard InChI is InChI=1S/C10H10ClN5S/c1-5-14-10(16-15-5)17-8-3-2-6(9(12)13)4-7(8)11/h2-4H,1H3,(H3,12,13)(H,14,15,16). The zero-order valence-corrected chi connectivity index (χ0v) is 10.6. The Hall–Kier alpha value is -1.53. The Balaban J connectivity index is 2.25. The Kier molecular flexibility index (Phi) is 3.35. The highest BCUT2D eigenvalue weighted by atomic mass is 35.5. The smallest absolute Gasteiger partial charge is 0.213 e. The van der Waals surface area contributed by atoms with Gasteiger partial charge in [-0.05, 0) is 30.8 Å². The molecular formula is C10H10ClN5S. The molecule has 0 unspecified atom stereocenters. The van der Waals surface area contributed by atoms with Gasteiger partial charge in [0.05, 0.1) is 5.02 Å². The maximum absolute atomic E-state index is 7.31. The molecule has 1 heterocycles. The summed E-state index contributed by atoms with van der Waals surface area (Å²) in [6.07, 6.45) is 0. The molecular weight excluding hydrogens is 258 g/mol. The molecule has 0 bridgehead atoms. The average molecular weight is 268 g/mol. The number of hydrogen-bond acceptors (Lipinski definition) is 4. The first-order valence-corrected chi connectivity index (χ1v) is 5.96. The summed E-state index contributed by atoms with van der Waals surface area (Å²) in [4.78, 5) is 5.00. The average Bonchev–Trinajstić information content (AvgIpc) is 2.67. The molecule has 0 aliphatic rings. The molecule has 2 aromatic rings. The van der Waals surface area contributed by atoms with Crippen molar-refractivity contribution in [1.82, 2.24) is 15.2 Å². The van der Waals surface area contributed by atoms with Gasteiger partial charge in [-0.2, -0.15) is 0 Å². The van der Waals surface area contributed by atoms with Gasteiger partial charge in [-0.3, -0.25) is 10.5 Å². The van der Waals surface area contributed by atoms with E-state index in [9.17, 15) is 0 Å². The first kappa shape index (κ1) is 11.9. The molecule has 0 aliphatic carbocycles. The number of H-pyrrole nitrogens is 1. The minimum absolute atomic E-state index is 0.00260. The number of halogens is 1. The number of nitrogens with two attached hydrogens (primary N) is 1. The Bertz CT molecular complexity index is 566. The molecule has 0 atom stereocenters. The first-order chi connectivity index (χ1) is 8.06. The summed E-state index contributed by atoms with van der Waals surface area (Å²) in [5.74, 6) is 0.751. The van der Waals surface area contributed by atoms with Crippen molar-refractivity contribution < 1.29 is 0 Å². The van der Waals surface area contributed by atoms with Crippen LogP contribution in [0.25, 0.3) is 0 Å². The summed E-state index contributed by atoms with van der Waals surface area (Å²) in [6, 6.07) is 5.21. The van der Waals surface area contributed by atoms with Crippen molar-refractivity contribution in [3.05, 3.63) is 34.6 Å². The lowest BCUT2D eigenvalue weighted by molar-refractivity contribution is 0.969. The Morgan fingerprint density at radius 1 is 1.53 bits per heavy atom. The third kappa shape index (κ3) is 2.78. The van der Waals surface area contributed by atoms with E-state index in [-0.39, 0.29) is 5.84 Å². The molecule has 17 heavy (non-hydrogen) atoms. The quantitative estimate of drug-likeness (QED) is 0.587. The van der Waals surface area contributed by atoms with E-state index < -0.39 is 0 Å². The monoisotopic (exact) mass is 267 g/mol. The zero-order valence-electron chi connectivity index (χ0n) is 8.99. The molecule has 5 nitrogen and oxygen atoms in total. The predicted octanol–water partition coefficient (Wildman–Crippen LogP) is 2.20. The lowest BCUT2D eigenvalue weighted by Crippen LogP contribution is -2.10. The molecule has 0 aliphatic heterocycles. The number of hydrogen-bond donors (Lipinski definition) is 3. The second-order valence-corrected chi connectivity index (χ2v) is 4.78. The highest BCUT2D eigenvalue weighted by molar-refractivity contribution is 7.99. The second kappa shape index (κ2) is 4.77. The molecule has 7 heteroatoms. The largest absolute Gasteiger partial charge is 0.384 e. The van der Waals surface area contributed by atoms with Gasteiger partial charge in [-0.15, -0.1) is 5.10 Å². The summed E-state index contributed by atoms with van der Waals surface area (Å²) >= 11 is 7.45. The minimum atomic E-state index is -0.00260. The van der Waals surface area contributed by atoms with Crippen LogP contribution in [0.5, 0.6) is 0 Å². The summed E-state index contributed by atoms with van der Waals surface area (Å²) in [7, 11) is 0. The van der Waals surface area contributed by atoms with Crippen molar-refractivity contribution in [2.45, 2.75) is 17.0 Å². The zero-order chi connectivity index (χ0) is 12.4. The summed E-state index contributed by atoms with van der Waals surface area (Å²) in [5, 5.41) is 15.2. The molecule has 0 fully saturated rings. The number of aromatic amines is 1. The number of rotatable bonds is 3. The third-order valence-corrected chi connectivity index (χ3v) is 3.39. The summed E-state index contributed by atoms with van der Waals surface area (Å²) in [6.45, 7) is 1.83. The van der Waals surface area contributed by atoms with E-state index in [2.05, 4.69) is 15.2 Å². The van der Waals surface area contributed by atoms with Gasteiger partial charge in [0.25, 0.3) is 0 Å². The SMILES string of the molecule is Cc1nc(Sc2ccc(C(=N)N)cc2Cl)n[nH]1. The first-order valence-electron chi connectivity index (χ1n) is 4.77. The van der Waals surface area contributed by atoms with E-state index in [1.54, 1.807) is 18.2 Å². The van der Waals surface area contributed by atoms with Crippen molar-refractivity contribution in [3.8, 4) is 0 Å². The fraction of sp³-hybridized carbons (Fsp3) is 0.100. The predicted molar refractivity (Wildman–Crippen MR) is 67.7 cm³/mol. The van der Waals surface area contributed by atoms with Crippen molar-refractivity contribution in [1.29, 1.82) is 5.41 Å². The third-order valence-electron chi connectivity index (χ3n) is 2.02. The van der Waals surface area contributed by atoms with Gasteiger partial charge in [0.2, 0.25) is 5.16 Å². The normalized spacial score (nSPS) is 10.5. The molecule has 2 rings (SSSR count). The van der Waals surface area contributed by atoms with Crippen molar-refractivity contribution >= 4 is 29.2 Å². The maximum atomic E-state index is 7.31. The number of nitrogen functional groups attached to an aromatic ring is 1. The number of benzene rings is 1. The molecule has 1 aromatic carbocycles. The number of aromatic nitrogens is 3. The Morgan fingerprint density at radius 3 is 2.82 bits per heavy atom. The molecule has 88 valence electrons. The van der Waals surface area contributed by atoms with Gasteiger partial charge in [0.15, 0.2) is 0 Å².